The third-order valence-corrected chi connectivity index (χ3v) is 4.07. The molecule has 1 heterocycles. The molecule has 1 aromatic carbocycles. The summed E-state index contributed by atoms with van der Waals surface area (Å²) in [5.41, 5.74) is 2.42. The van der Waals surface area contributed by atoms with Gasteiger partial charge in [-0.3, -0.25) is 4.68 Å². The maximum absolute atomic E-state index is 4.58. The Labute approximate surface area is 125 Å². The van der Waals surface area contributed by atoms with Crippen molar-refractivity contribution in [1.29, 1.82) is 0 Å². The van der Waals surface area contributed by atoms with Gasteiger partial charge in [0.15, 0.2) is 0 Å². The zero-order valence-corrected chi connectivity index (χ0v) is 13.3. The largest absolute Gasteiger partial charge is 0.310 e. The molecule has 0 aliphatic carbocycles. The molecule has 2 rings (SSSR count). The van der Waals surface area contributed by atoms with Crippen LogP contribution in [0.2, 0.25) is 0 Å². The zero-order valence-electron chi connectivity index (χ0n) is 12.5. The molecule has 0 spiro atoms. The summed E-state index contributed by atoms with van der Waals surface area (Å²) in [7, 11) is 0. The molecule has 2 aromatic rings. The van der Waals surface area contributed by atoms with E-state index in [2.05, 4.69) is 72.4 Å². The summed E-state index contributed by atoms with van der Waals surface area (Å²) in [5.74, 6) is 1.04. The molecule has 0 bridgehead atoms. The van der Waals surface area contributed by atoms with Crippen molar-refractivity contribution in [3.63, 3.8) is 0 Å². The van der Waals surface area contributed by atoms with Crippen molar-refractivity contribution in [2.24, 2.45) is 0 Å². The fourth-order valence-electron chi connectivity index (χ4n) is 1.93. The number of aromatic nitrogens is 2. The number of aryl methyl sites for hydroxylation is 2. The Morgan fingerprint density at radius 3 is 2.70 bits per heavy atom. The first-order valence-corrected chi connectivity index (χ1v) is 8.08. The summed E-state index contributed by atoms with van der Waals surface area (Å²) in [5, 5.41) is 8.02. The van der Waals surface area contributed by atoms with Gasteiger partial charge in [-0.25, -0.2) is 0 Å². The van der Waals surface area contributed by atoms with Crippen LogP contribution in [0.25, 0.3) is 0 Å². The van der Waals surface area contributed by atoms with E-state index in [1.165, 1.54) is 10.5 Å². The van der Waals surface area contributed by atoms with Crippen molar-refractivity contribution in [3.05, 3.63) is 47.8 Å². The molecular formula is C16H23N3S. The average Bonchev–Trinajstić information content (AvgIpc) is 2.78. The molecule has 0 atom stereocenters. The number of nitrogens with zero attached hydrogens (tertiary/aromatic N) is 2. The van der Waals surface area contributed by atoms with Gasteiger partial charge in [0, 0.05) is 35.0 Å². The molecule has 0 saturated carbocycles. The first-order chi connectivity index (χ1) is 9.65. The highest BCUT2D eigenvalue weighted by Crippen LogP contribution is 2.17. The maximum Gasteiger partial charge on any atom is 0.0638 e. The predicted molar refractivity (Wildman–Crippen MR) is 86.1 cm³/mol. The van der Waals surface area contributed by atoms with Crippen LogP contribution in [-0.2, 0) is 13.1 Å². The minimum atomic E-state index is 0.506. The smallest absolute Gasteiger partial charge is 0.0638 e. The van der Waals surface area contributed by atoms with E-state index in [4.69, 9.17) is 0 Å². The Kier molecular flexibility index (Phi) is 5.68. The lowest BCUT2D eigenvalue weighted by Crippen LogP contribution is -2.21. The summed E-state index contributed by atoms with van der Waals surface area (Å²) < 4.78 is 2.06. The quantitative estimate of drug-likeness (QED) is 0.791. The second kappa shape index (κ2) is 7.50. The topological polar surface area (TPSA) is 29.9 Å². The molecule has 20 heavy (non-hydrogen) atoms. The minimum absolute atomic E-state index is 0.506. The van der Waals surface area contributed by atoms with Crippen molar-refractivity contribution in [3.8, 4) is 0 Å². The molecule has 0 amide bonds. The molecular weight excluding hydrogens is 266 g/mol. The Hall–Kier alpha value is -1.26. The van der Waals surface area contributed by atoms with Crippen LogP contribution in [0.5, 0.6) is 0 Å². The minimum Gasteiger partial charge on any atom is -0.310 e. The van der Waals surface area contributed by atoms with Crippen molar-refractivity contribution in [2.75, 3.05) is 5.75 Å². The summed E-state index contributed by atoms with van der Waals surface area (Å²) >= 11 is 1.87. The first-order valence-electron chi connectivity index (χ1n) is 7.09. The van der Waals surface area contributed by atoms with E-state index in [0.29, 0.717) is 6.04 Å². The van der Waals surface area contributed by atoms with Crippen molar-refractivity contribution >= 4 is 11.8 Å². The van der Waals surface area contributed by atoms with Crippen LogP contribution >= 0.6 is 11.8 Å². The Bertz CT molecular complexity index is 520. The van der Waals surface area contributed by atoms with Gasteiger partial charge in [0.2, 0.25) is 0 Å². The second-order valence-electron chi connectivity index (χ2n) is 5.20. The van der Waals surface area contributed by atoms with Gasteiger partial charge in [0.25, 0.3) is 0 Å². The highest BCUT2D eigenvalue weighted by atomic mass is 32.2. The van der Waals surface area contributed by atoms with Crippen molar-refractivity contribution in [1.82, 2.24) is 15.1 Å². The van der Waals surface area contributed by atoms with Gasteiger partial charge in [-0.15, -0.1) is 11.8 Å². The standard InChI is InChI=1S/C16H23N3S/c1-13(2)17-11-15-12-19(18-14(15)3)9-10-20-16-7-5-4-6-8-16/h4-8,12-13,17H,9-11H2,1-3H3. The van der Waals surface area contributed by atoms with Crippen LogP contribution in [0, 0.1) is 6.92 Å². The van der Waals surface area contributed by atoms with Crippen molar-refractivity contribution in [2.45, 2.75) is 44.8 Å². The lowest BCUT2D eigenvalue weighted by Gasteiger charge is -2.06. The van der Waals surface area contributed by atoms with E-state index in [-0.39, 0.29) is 0 Å². The van der Waals surface area contributed by atoms with E-state index < -0.39 is 0 Å². The number of benzene rings is 1. The SMILES string of the molecule is Cc1nn(CCSc2ccccc2)cc1CNC(C)C. The Morgan fingerprint density at radius 1 is 1.25 bits per heavy atom. The number of nitrogens with one attached hydrogen (secondary N) is 1. The van der Waals surface area contributed by atoms with Gasteiger partial charge in [-0.2, -0.15) is 5.10 Å². The number of hydrogen-bond donors (Lipinski definition) is 1. The lowest BCUT2D eigenvalue weighted by molar-refractivity contribution is 0.587. The van der Waals surface area contributed by atoms with Crippen LogP contribution in [0.1, 0.15) is 25.1 Å². The number of thioether (sulfide) groups is 1. The van der Waals surface area contributed by atoms with Gasteiger partial charge in [-0.05, 0) is 19.1 Å². The molecule has 0 aliphatic rings. The van der Waals surface area contributed by atoms with Crippen LogP contribution in [-0.4, -0.2) is 21.6 Å². The Morgan fingerprint density at radius 2 is 2.00 bits per heavy atom. The molecule has 4 heteroatoms. The normalized spacial score (nSPS) is 11.2. The highest BCUT2D eigenvalue weighted by molar-refractivity contribution is 7.99. The maximum atomic E-state index is 4.58. The third-order valence-electron chi connectivity index (χ3n) is 3.08. The van der Waals surface area contributed by atoms with Crippen LogP contribution in [0.3, 0.4) is 0 Å². The van der Waals surface area contributed by atoms with Crippen molar-refractivity contribution < 1.29 is 0 Å². The monoisotopic (exact) mass is 289 g/mol. The van der Waals surface area contributed by atoms with E-state index >= 15 is 0 Å². The molecule has 0 aliphatic heterocycles. The summed E-state index contributed by atoms with van der Waals surface area (Å²) in [4.78, 5) is 1.32. The fourth-order valence-corrected chi connectivity index (χ4v) is 2.80. The molecule has 3 nitrogen and oxygen atoms in total. The van der Waals surface area contributed by atoms with E-state index in [1.807, 2.05) is 11.8 Å². The molecule has 0 saturated heterocycles. The summed E-state index contributed by atoms with van der Waals surface area (Å²) in [6.07, 6.45) is 2.16. The van der Waals surface area contributed by atoms with Gasteiger partial charge in [-0.1, -0.05) is 32.0 Å². The molecule has 108 valence electrons. The highest BCUT2D eigenvalue weighted by Gasteiger charge is 2.05. The Balaban J connectivity index is 1.83. The third kappa shape index (κ3) is 4.69. The average molecular weight is 289 g/mol. The molecule has 0 radical (unpaired) electrons. The van der Waals surface area contributed by atoms with E-state index in [0.717, 1.165) is 24.5 Å². The van der Waals surface area contributed by atoms with Gasteiger partial charge in [0.1, 0.15) is 0 Å². The van der Waals surface area contributed by atoms with Gasteiger partial charge < -0.3 is 5.32 Å². The number of hydrogen-bond acceptors (Lipinski definition) is 3. The molecule has 0 unspecified atom stereocenters. The predicted octanol–water partition coefficient (Wildman–Crippen LogP) is 3.48. The summed E-state index contributed by atoms with van der Waals surface area (Å²) in [6.45, 7) is 8.25. The van der Waals surface area contributed by atoms with E-state index in [1.54, 1.807) is 0 Å². The lowest BCUT2D eigenvalue weighted by atomic mass is 10.2. The zero-order chi connectivity index (χ0) is 14.4. The van der Waals surface area contributed by atoms with E-state index in [9.17, 15) is 0 Å². The molecule has 0 fully saturated rings. The summed E-state index contributed by atoms with van der Waals surface area (Å²) in [6, 6.07) is 11.0. The number of rotatable bonds is 7. The van der Waals surface area contributed by atoms with Gasteiger partial charge >= 0.3 is 0 Å². The second-order valence-corrected chi connectivity index (χ2v) is 6.37. The first kappa shape index (κ1) is 15.1. The van der Waals surface area contributed by atoms with Crippen LogP contribution in [0.15, 0.2) is 41.4 Å². The van der Waals surface area contributed by atoms with Crippen LogP contribution < -0.4 is 5.32 Å². The fraction of sp³-hybridized carbons (Fsp3) is 0.438. The van der Waals surface area contributed by atoms with Gasteiger partial charge in [0.05, 0.1) is 12.2 Å². The van der Waals surface area contributed by atoms with Crippen LogP contribution in [0.4, 0.5) is 0 Å². The molecule has 1 aromatic heterocycles. The molecule has 1 N–H and O–H groups in total.